The number of carboxylic acids is 1. The average Bonchev–Trinajstić information content (AvgIpc) is 2.47. The fourth-order valence-electron chi connectivity index (χ4n) is 1.18. The van der Waals surface area contributed by atoms with Crippen molar-refractivity contribution < 1.29 is 29.0 Å². The molecular weight excluding hydrogens is 306 g/mol. The van der Waals surface area contributed by atoms with E-state index in [0.29, 0.717) is 0 Å². The molecule has 0 fully saturated rings. The van der Waals surface area contributed by atoms with Gasteiger partial charge in [0.25, 0.3) is 0 Å². The van der Waals surface area contributed by atoms with Crippen molar-refractivity contribution >= 4 is 23.8 Å². The molecule has 0 aromatic heterocycles. The molecule has 0 unspecified atom stereocenters. The summed E-state index contributed by atoms with van der Waals surface area (Å²) in [4.78, 5) is 45.3. The number of esters is 1. The fourth-order valence-corrected chi connectivity index (χ4v) is 1.18. The number of nitrogens with two attached hydrogens (primary N) is 1. The highest BCUT2D eigenvalue weighted by atomic mass is 16.5. The molecule has 0 aromatic rings. The second-order valence-corrected chi connectivity index (χ2v) is 4.88. The second-order valence-electron chi connectivity index (χ2n) is 4.88. The molecule has 2 atom stereocenters. The van der Waals surface area contributed by atoms with Crippen LogP contribution >= 0.6 is 0 Å². The SMILES string of the molecule is C=C(C)C(=O)NC[C@H](N)C(=O)N[C@@H](COC(=O)C(=C)C)C(=O)O. The number of nitrogens with one attached hydrogen (secondary N) is 2. The lowest BCUT2D eigenvalue weighted by Gasteiger charge is -2.18. The molecule has 5 N–H and O–H groups in total. The number of amides is 2. The van der Waals surface area contributed by atoms with E-state index in [-0.39, 0.29) is 17.7 Å². The van der Waals surface area contributed by atoms with Gasteiger partial charge in [0.15, 0.2) is 6.04 Å². The quantitative estimate of drug-likeness (QED) is 0.304. The van der Waals surface area contributed by atoms with E-state index in [9.17, 15) is 19.2 Å². The summed E-state index contributed by atoms with van der Waals surface area (Å²) in [5.41, 5.74) is 5.89. The van der Waals surface area contributed by atoms with E-state index in [1.807, 2.05) is 0 Å². The number of hydrogen-bond donors (Lipinski definition) is 4. The minimum absolute atomic E-state index is 0.0969. The molecule has 0 aliphatic rings. The standard InChI is InChI=1S/C14H21N3O6/c1-7(2)11(18)16-5-9(15)12(19)17-10(13(20)21)6-23-14(22)8(3)4/h9-10H,1,3,5-6,15H2,2,4H3,(H,16,18)(H,17,19)(H,20,21)/t9-,10-/m0/s1. The Kier molecular flexibility index (Phi) is 8.27. The van der Waals surface area contributed by atoms with Crippen molar-refractivity contribution in [3.8, 4) is 0 Å². The Hall–Kier alpha value is -2.68. The first-order valence-corrected chi connectivity index (χ1v) is 6.61. The zero-order valence-corrected chi connectivity index (χ0v) is 13.0. The van der Waals surface area contributed by atoms with Crippen LogP contribution in [0.15, 0.2) is 24.3 Å². The van der Waals surface area contributed by atoms with Crippen LogP contribution in [0.1, 0.15) is 13.8 Å². The Bertz CT molecular complexity index is 529. The summed E-state index contributed by atoms with van der Waals surface area (Å²) in [5.74, 6) is -3.46. The molecule has 0 saturated carbocycles. The zero-order valence-electron chi connectivity index (χ0n) is 13.0. The third-order valence-electron chi connectivity index (χ3n) is 2.55. The third-order valence-corrected chi connectivity index (χ3v) is 2.55. The van der Waals surface area contributed by atoms with Gasteiger partial charge < -0.3 is 26.2 Å². The van der Waals surface area contributed by atoms with Crippen LogP contribution in [0.5, 0.6) is 0 Å². The molecule has 0 spiro atoms. The maximum atomic E-state index is 11.8. The molecular formula is C14H21N3O6. The number of carbonyl (C=O) groups is 4. The largest absolute Gasteiger partial charge is 0.480 e. The Morgan fingerprint density at radius 3 is 2.17 bits per heavy atom. The molecule has 23 heavy (non-hydrogen) atoms. The summed E-state index contributed by atoms with van der Waals surface area (Å²) in [5, 5.41) is 13.5. The number of rotatable bonds is 9. The Morgan fingerprint density at radius 1 is 1.17 bits per heavy atom. The van der Waals surface area contributed by atoms with E-state index in [1.165, 1.54) is 13.8 Å². The van der Waals surface area contributed by atoms with Gasteiger partial charge in [-0.05, 0) is 13.8 Å². The Morgan fingerprint density at radius 2 is 1.74 bits per heavy atom. The summed E-state index contributed by atoms with van der Waals surface area (Å²) < 4.78 is 4.68. The van der Waals surface area contributed by atoms with Gasteiger partial charge in [0.2, 0.25) is 11.8 Å². The maximum absolute atomic E-state index is 11.8. The predicted octanol–water partition coefficient (Wildman–Crippen LogP) is -1.31. The maximum Gasteiger partial charge on any atom is 0.333 e. The lowest BCUT2D eigenvalue weighted by molar-refractivity contribution is -0.148. The summed E-state index contributed by atoms with van der Waals surface area (Å²) in [6.45, 7) is 8.88. The minimum atomic E-state index is -1.46. The third kappa shape index (κ3) is 7.77. The van der Waals surface area contributed by atoms with Crippen molar-refractivity contribution in [1.82, 2.24) is 10.6 Å². The highest BCUT2D eigenvalue weighted by Gasteiger charge is 2.25. The van der Waals surface area contributed by atoms with Crippen molar-refractivity contribution in [2.24, 2.45) is 5.73 Å². The molecule has 0 heterocycles. The monoisotopic (exact) mass is 327 g/mol. The zero-order chi connectivity index (χ0) is 18.2. The first-order valence-electron chi connectivity index (χ1n) is 6.61. The predicted molar refractivity (Wildman–Crippen MR) is 81.1 cm³/mol. The molecule has 128 valence electrons. The van der Waals surface area contributed by atoms with Crippen molar-refractivity contribution in [1.29, 1.82) is 0 Å². The molecule has 0 aromatic carbocycles. The smallest absolute Gasteiger partial charge is 0.333 e. The molecule has 9 nitrogen and oxygen atoms in total. The van der Waals surface area contributed by atoms with Crippen LogP contribution in [0.3, 0.4) is 0 Å². The lowest BCUT2D eigenvalue weighted by atomic mass is 10.2. The first-order chi connectivity index (χ1) is 10.6. The first kappa shape index (κ1) is 20.3. The van der Waals surface area contributed by atoms with Crippen molar-refractivity contribution in [2.75, 3.05) is 13.2 Å². The Labute approximate surface area is 133 Å². The molecule has 0 saturated heterocycles. The number of ether oxygens (including phenoxy) is 1. The topological polar surface area (TPSA) is 148 Å². The molecule has 9 heteroatoms. The van der Waals surface area contributed by atoms with Gasteiger partial charge in [-0.2, -0.15) is 0 Å². The van der Waals surface area contributed by atoms with Gasteiger partial charge in [0.05, 0.1) is 0 Å². The van der Waals surface area contributed by atoms with Gasteiger partial charge in [-0.15, -0.1) is 0 Å². The van der Waals surface area contributed by atoms with E-state index in [0.717, 1.165) is 0 Å². The molecule has 0 rings (SSSR count). The average molecular weight is 327 g/mol. The highest BCUT2D eigenvalue weighted by Crippen LogP contribution is 1.96. The minimum Gasteiger partial charge on any atom is -0.480 e. The number of hydrogen-bond acceptors (Lipinski definition) is 6. The van der Waals surface area contributed by atoms with Crippen LogP contribution in [0, 0.1) is 0 Å². The molecule has 0 bridgehead atoms. The molecule has 0 radical (unpaired) electrons. The second kappa shape index (κ2) is 9.36. The van der Waals surface area contributed by atoms with Crippen LogP contribution in [0.4, 0.5) is 0 Å². The van der Waals surface area contributed by atoms with Gasteiger partial charge in [0, 0.05) is 17.7 Å². The molecule has 0 aliphatic heterocycles. The number of carbonyl (C=O) groups excluding carboxylic acids is 3. The van der Waals surface area contributed by atoms with Gasteiger partial charge in [-0.3, -0.25) is 9.59 Å². The van der Waals surface area contributed by atoms with Gasteiger partial charge in [0.1, 0.15) is 12.6 Å². The van der Waals surface area contributed by atoms with Crippen molar-refractivity contribution in [3.05, 3.63) is 24.3 Å². The van der Waals surface area contributed by atoms with E-state index < -0.39 is 42.4 Å². The van der Waals surface area contributed by atoms with Crippen LogP contribution in [0.25, 0.3) is 0 Å². The van der Waals surface area contributed by atoms with Crippen LogP contribution in [-0.2, 0) is 23.9 Å². The van der Waals surface area contributed by atoms with Gasteiger partial charge >= 0.3 is 11.9 Å². The van der Waals surface area contributed by atoms with Gasteiger partial charge in [-0.1, -0.05) is 13.2 Å². The van der Waals surface area contributed by atoms with Crippen molar-refractivity contribution in [3.63, 3.8) is 0 Å². The van der Waals surface area contributed by atoms with E-state index in [4.69, 9.17) is 10.8 Å². The summed E-state index contributed by atoms with van der Waals surface area (Å²) in [6, 6.07) is -2.63. The van der Waals surface area contributed by atoms with Crippen LogP contribution in [-0.4, -0.2) is 54.1 Å². The summed E-state index contributed by atoms with van der Waals surface area (Å²) >= 11 is 0. The van der Waals surface area contributed by atoms with Crippen LogP contribution in [0.2, 0.25) is 0 Å². The summed E-state index contributed by atoms with van der Waals surface area (Å²) in [6.07, 6.45) is 0. The normalized spacial score (nSPS) is 12.5. The molecule has 0 aliphatic carbocycles. The van der Waals surface area contributed by atoms with E-state index in [2.05, 4.69) is 28.5 Å². The number of carboxylic acid groups (broad SMARTS) is 1. The van der Waals surface area contributed by atoms with E-state index in [1.54, 1.807) is 0 Å². The van der Waals surface area contributed by atoms with Crippen molar-refractivity contribution in [2.45, 2.75) is 25.9 Å². The summed E-state index contributed by atoms with van der Waals surface area (Å²) in [7, 11) is 0. The Balaban J connectivity index is 4.51. The van der Waals surface area contributed by atoms with E-state index >= 15 is 0 Å². The lowest BCUT2D eigenvalue weighted by Crippen LogP contribution is -2.53. The highest BCUT2D eigenvalue weighted by molar-refractivity contribution is 5.93. The number of aliphatic carboxylic acids is 1. The van der Waals surface area contributed by atoms with Crippen LogP contribution < -0.4 is 16.4 Å². The fraction of sp³-hybridized carbons (Fsp3) is 0.429. The molecule has 2 amide bonds. The van der Waals surface area contributed by atoms with Gasteiger partial charge in [-0.25, -0.2) is 9.59 Å².